The van der Waals surface area contributed by atoms with Gasteiger partial charge in [0.2, 0.25) is 0 Å². The highest BCUT2D eigenvalue weighted by molar-refractivity contribution is 7.86. The van der Waals surface area contributed by atoms with E-state index in [1.54, 1.807) is 4.31 Å². The zero-order valence-electron chi connectivity index (χ0n) is 9.03. The summed E-state index contributed by atoms with van der Waals surface area (Å²) in [4.78, 5) is 0. The fourth-order valence-corrected chi connectivity index (χ4v) is 4.51. The third kappa shape index (κ3) is 2.64. The molecular weight excluding hydrogens is 271 g/mol. The van der Waals surface area contributed by atoms with Gasteiger partial charge in [0.05, 0.1) is 0 Å². The quantitative estimate of drug-likeness (QED) is 0.724. The Bertz CT molecular complexity index is 353. The minimum Gasteiger partial charge on any atom is -0.195 e. The van der Waals surface area contributed by atoms with E-state index in [9.17, 15) is 8.42 Å². The highest BCUT2D eigenvalue weighted by atomic mass is 35.5. The average molecular weight is 287 g/mol. The van der Waals surface area contributed by atoms with Gasteiger partial charge in [-0.25, -0.2) is 0 Å². The van der Waals surface area contributed by atoms with Crippen LogP contribution in [0, 0.1) is 0 Å². The van der Waals surface area contributed by atoms with Crippen molar-refractivity contribution >= 4 is 33.4 Å². The largest absolute Gasteiger partial charge is 0.282 e. The number of piperidine rings is 1. The molecule has 0 aromatic rings. The van der Waals surface area contributed by atoms with E-state index < -0.39 is 14.5 Å². The predicted octanol–water partition coefficient (Wildman–Crippen LogP) is 1.60. The van der Waals surface area contributed by atoms with E-state index in [1.165, 1.54) is 4.31 Å². The molecule has 94 valence electrons. The van der Waals surface area contributed by atoms with Crippen LogP contribution in [0.5, 0.6) is 0 Å². The van der Waals surface area contributed by atoms with Crippen LogP contribution < -0.4 is 0 Å². The van der Waals surface area contributed by atoms with Crippen molar-refractivity contribution in [2.75, 3.05) is 26.2 Å². The number of hydrogen-bond acceptors (Lipinski definition) is 2. The second-order valence-corrected chi connectivity index (χ2v) is 7.98. The van der Waals surface area contributed by atoms with Gasteiger partial charge in [-0.05, 0) is 19.3 Å². The molecule has 16 heavy (non-hydrogen) atoms. The summed E-state index contributed by atoms with van der Waals surface area (Å²) in [5.41, 5.74) is 0. The lowest BCUT2D eigenvalue weighted by Crippen LogP contribution is -2.45. The number of hydrogen-bond donors (Lipinski definition) is 0. The third-order valence-electron chi connectivity index (χ3n) is 3.10. The molecule has 2 heterocycles. The van der Waals surface area contributed by atoms with Gasteiger partial charge in [-0.15, -0.1) is 23.2 Å². The molecule has 0 amide bonds. The zero-order chi connectivity index (χ0) is 11.8. The molecule has 0 unspecified atom stereocenters. The number of halogens is 2. The molecule has 2 saturated heterocycles. The third-order valence-corrected chi connectivity index (χ3v) is 5.70. The Morgan fingerprint density at radius 1 is 0.938 bits per heavy atom. The molecule has 2 fully saturated rings. The Hall–Kier alpha value is 0.450. The molecule has 0 aliphatic carbocycles. The molecule has 0 aromatic carbocycles. The first kappa shape index (κ1) is 12.9. The van der Waals surface area contributed by atoms with Crippen molar-refractivity contribution in [3.8, 4) is 0 Å². The van der Waals surface area contributed by atoms with E-state index in [0.717, 1.165) is 19.3 Å². The Kier molecular flexibility index (Phi) is 3.72. The first-order valence-electron chi connectivity index (χ1n) is 5.55. The Morgan fingerprint density at radius 2 is 1.56 bits per heavy atom. The van der Waals surface area contributed by atoms with E-state index in [-0.39, 0.29) is 6.54 Å². The molecule has 0 bridgehead atoms. The molecule has 0 radical (unpaired) electrons. The van der Waals surface area contributed by atoms with Gasteiger partial charge in [-0.1, -0.05) is 6.42 Å². The van der Waals surface area contributed by atoms with Crippen LogP contribution in [-0.4, -0.2) is 47.5 Å². The van der Waals surface area contributed by atoms with E-state index in [2.05, 4.69) is 0 Å². The molecule has 4 nitrogen and oxygen atoms in total. The van der Waals surface area contributed by atoms with Crippen molar-refractivity contribution in [1.29, 1.82) is 0 Å². The second-order valence-electron chi connectivity index (χ2n) is 4.41. The standard InChI is InChI=1S/C9H16Cl2N2O2S/c10-9(11)4-7-13(8-9)16(14,15)12-5-2-1-3-6-12/h1-8H2. The molecular formula is C9H16Cl2N2O2S. The van der Waals surface area contributed by atoms with E-state index in [1.807, 2.05) is 0 Å². The van der Waals surface area contributed by atoms with E-state index in [0.29, 0.717) is 26.1 Å². The SMILES string of the molecule is O=S(=O)(N1CCCCC1)N1CCC(Cl)(Cl)C1. The highest BCUT2D eigenvalue weighted by Gasteiger charge is 2.42. The molecule has 0 atom stereocenters. The van der Waals surface area contributed by atoms with Crippen molar-refractivity contribution in [3.63, 3.8) is 0 Å². The first-order chi connectivity index (χ1) is 7.42. The monoisotopic (exact) mass is 286 g/mol. The number of rotatable bonds is 2. The Labute approximate surface area is 107 Å². The minimum absolute atomic E-state index is 0.203. The van der Waals surface area contributed by atoms with Crippen LogP contribution in [-0.2, 0) is 10.2 Å². The van der Waals surface area contributed by atoms with Crippen molar-refractivity contribution in [3.05, 3.63) is 0 Å². The van der Waals surface area contributed by atoms with Crippen LogP contribution in [0.15, 0.2) is 0 Å². The van der Waals surface area contributed by atoms with E-state index >= 15 is 0 Å². The van der Waals surface area contributed by atoms with Gasteiger partial charge in [-0.2, -0.15) is 17.0 Å². The minimum atomic E-state index is -3.34. The van der Waals surface area contributed by atoms with Crippen molar-refractivity contribution in [2.24, 2.45) is 0 Å². The summed E-state index contributed by atoms with van der Waals surface area (Å²) >= 11 is 11.9. The van der Waals surface area contributed by atoms with Gasteiger partial charge >= 0.3 is 0 Å². The van der Waals surface area contributed by atoms with Crippen LogP contribution in [0.25, 0.3) is 0 Å². The van der Waals surface area contributed by atoms with Crippen LogP contribution >= 0.6 is 23.2 Å². The topological polar surface area (TPSA) is 40.6 Å². The summed E-state index contributed by atoms with van der Waals surface area (Å²) in [7, 11) is -3.34. The molecule has 2 aliphatic rings. The van der Waals surface area contributed by atoms with Crippen molar-refractivity contribution < 1.29 is 8.42 Å². The lowest BCUT2D eigenvalue weighted by Gasteiger charge is -2.30. The van der Waals surface area contributed by atoms with Crippen LogP contribution in [0.2, 0.25) is 0 Å². The van der Waals surface area contributed by atoms with Gasteiger partial charge in [0.25, 0.3) is 10.2 Å². The predicted molar refractivity (Wildman–Crippen MR) is 65.0 cm³/mol. The maximum absolute atomic E-state index is 12.2. The number of nitrogens with zero attached hydrogens (tertiary/aromatic N) is 2. The zero-order valence-corrected chi connectivity index (χ0v) is 11.4. The lowest BCUT2D eigenvalue weighted by atomic mass is 10.2. The summed E-state index contributed by atoms with van der Waals surface area (Å²) in [6, 6.07) is 0. The smallest absolute Gasteiger partial charge is 0.195 e. The fourth-order valence-electron chi connectivity index (χ4n) is 2.16. The molecule has 0 saturated carbocycles. The summed E-state index contributed by atoms with van der Waals surface area (Å²) in [6.07, 6.45) is 3.50. The first-order valence-corrected chi connectivity index (χ1v) is 7.70. The molecule has 7 heteroatoms. The summed E-state index contributed by atoms with van der Waals surface area (Å²) in [5, 5.41) is 0. The summed E-state index contributed by atoms with van der Waals surface area (Å²) in [6.45, 7) is 1.87. The summed E-state index contributed by atoms with van der Waals surface area (Å²) in [5.74, 6) is 0. The highest BCUT2D eigenvalue weighted by Crippen LogP contribution is 2.34. The van der Waals surface area contributed by atoms with Gasteiger partial charge in [0, 0.05) is 26.2 Å². The maximum atomic E-state index is 12.2. The van der Waals surface area contributed by atoms with Gasteiger partial charge < -0.3 is 0 Å². The summed E-state index contributed by atoms with van der Waals surface area (Å²) < 4.78 is 26.5. The molecule has 0 spiro atoms. The Balaban J connectivity index is 2.07. The second kappa shape index (κ2) is 4.61. The fraction of sp³-hybridized carbons (Fsp3) is 1.00. The van der Waals surface area contributed by atoms with E-state index in [4.69, 9.17) is 23.2 Å². The lowest BCUT2D eigenvalue weighted by molar-refractivity contribution is 0.316. The van der Waals surface area contributed by atoms with Gasteiger partial charge in [0.15, 0.2) is 0 Å². The molecule has 0 aromatic heterocycles. The van der Waals surface area contributed by atoms with Crippen LogP contribution in [0.1, 0.15) is 25.7 Å². The van der Waals surface area contributed by atoms with Crippen molar-refractivity contribution in [2.45, 2.75) is 30.0 Å². The van der Waals surface area contributed by atoms with Crippen molar-refractivity contribution in [1.82, 2.24) is 8.61 Å². The van der Waals surface area contributed by atoms with Crippen LogP contribution in [0.4, 0.5) is 0 Å². The normalized spacial score (nSPS) is 28.4. The maximum Gasteiger partial charge on any atom is 0.282 e. The average Bonchev–Trinajstić information content (AvgIpc) is 2.61. The molecule has 0 N–H and O–H groups in total. The van der Waals surface area contributed by atoms with Crippen LogP contribution in [0.3, 0.4) is 0 Å². The van der Waals surface area contributed by atoms with Gasteiger partial charge in [-0.3, -0.25) is 0 Å². The number of alkyl halides is 2. The Morgan fingerprint density at radius 3 is 2.06 bits per heavy atom. The molecule has 2 rings (SSSR count). The van der Waals surface area contributed by atoms with Gasteiger partial charge in [0.1, 0.15) is 4.33 Å². The molecule has 2 aliphatic heterocycles.